The van der Waals surface area contributed by atoms with Crippen LogP contribution in [-0.4, -0.2) is 57.2 Å². The fourth-order valence-electron chi connectivity index (χ4n) is 4.83. The lowest BCUT2D eigenvalue weighted by Gasteiger charge is -2.34. The highest BCUT2D eigenvalue weighted by Crippen LogP contribution is 2.49. The number of likely N-dealkylation sites (tertiary alicyclic amines) is 2. The van der Waals surface area contributed by atoms with Gasteiger partial charge < -0.3 is 4.90 Å². The third-order valence-electron chi connectivity index (χ3n) is 6.11. The number of carbonyl (C=O) groups is 1. The number of carbonyl (C=O) groups excluding carboxylic acids is 1. The minimum absolute atomic E-state index is 0.205. The Labute approximate surface area is 138 Å². The highest BCUT2D eigenvalue weighted by atomic mass is 16.2. The first kappa shape index (κ1) is 15.2. The van der Waals surface area contributed by atoms with Crippen molar-refractivity contribution in [2.75, 3.05) is 19.6 Å². The first-order valence-corrected chi connectivity index (χ1v) is 9.22. The van der Waals surface area contributed by atoms with Gasteiger partial charge in [0.25, 0.3) is 0 Å². The molecule has 126 valence electrons. The van der Waals surface area contributed by atoms with E-state index in [0.717, 1.165) is 19.5 Å². The number of amides is 1. The molecular formula is C18H28N4O. The van der Waals surface area contributed by atoms with Crippen LogP contribution in [0.4, 0.5) is 0 Å². The predicted molar refractivity (Wildman–Crippen MR) is 89.1 cm³/mol. The molecule has 23 heavy (non-hydrogen) atoms. The topological polar surface area (TPSA) is 41.4 Å². The molecule has 0 bridgehead atoms. The van der Waals surface area contributed by atoms with Gasteiger partial charge in [0.1, 0.15) is 0 Å². The first-order chi connectivity index (χ1) is 11.2. The molecule has 0 aromatic carbocycles. The minimum atomic E-state index is 0.205. The van der Waals surface area contributed by atoms with Gasteiger partial charge in [0.05, 0.1) is 6.20 Å². The largest absolute Gasteiger partial charge is 0.338 e. The van der Waals surface area contributed by atoms with E-state index in [9.17, 15) is 4.79 Å². The van der Waals surface area contributed by atoms with Gasteiger partial charge in [0.15, 0.2) is 0 Å². The summed E-state index contributed by atoms with van der Waals surface area (Å²) < 4.78 is 1.84. The van der Waals surface area contributed by atoms with E-state index in [2.05, 4.69) is 28.0 Å². The third kappa shape index (κ3) is 2.69. The normalized spacial score (nSPS) is 34.3. The van der Waals surface area contributed by atoms with Crippen molar-refractivity contribution in [2.24, 2.45) is 13.0 Å². The molecule has 5 nitrogen and oxygen atoms in total. The van der Waals surface area contributed by atoms with E-state index in [1.165, 1.54) is 37.8 Å². The van der Waals surface area contributed by atoms with Crippen molar-refractivity contribution in [3.05, 3.63) is 18.0 Å². The zero-order chi connectivity index (χ0) is 16.0. The second-order valence-corrected chi connectivity index (χ2v) is 7.48. The van der Waals surface area contributed by atoms with Crippen LogP contribution in [0, 0.1) is 5.92 Å². The van der Waals surface area contributed by atoms with Crippen molar-refractivity contribution in [1.29, 1.82) is 0 Å². The minimum Gasteiger partial charge on any atom is -0.338 e. The second-order valence-electron chi connectivity index (χ2n) is 7.48. The van der Waals surface area contributed by atoms with Crippen LogP contribution in [-0.2, 0) is 11.8 Å². The fraction of sp³-hybridized carbons (Fsp3) is 0.778. The summed E-state index contributed by atoms with van der Waals surface area (Å²) in [5, 5.41) is 4.25. The lowest BCUT2D eigenvalue weighted by Crippen LogP contribution is -2.48. The molecule has 0 spiro atoms. The van der Waals surface area contributed by atoms with Crippen molar-refractivity contribution < 1.29 is 4.79 Å². The van der Waals surface area contributed by atoms with Crippen LogP contribution >= 0.6 is 0 Å². The molecule has 4 atom stereocenters. The lowest BCUT2D eigenvalue weighted by atomic mass is 10.0. The molecule has 2 saturated heterocycles. The Kier molecular flexibility index (Phi) is 3.92. The van der Waals surface area contributed by atoms with Crippen molar-refractivity contribution in [3.8, 4) is 0 Å². The predicted octanol–water partition coefficient (Wildman–Crippen LogP) is 2.00. The van der Waals surface area contributed by atoms with Gasteiger partial charge >= 0.3 is 0 Å². The van der Waals surface area contributed by atoms with Gasteiger partial charge in [0, 0.05) is 37.8 Å². The number of aryl methyl sites for hydroxylation is 1. The van der Waals surface area contributed by atoms with Crippen molar-refractivity contribution in [1.82, 2.24) is 19.6 Å². The van der Waals surface area contributed by atoms with Crippen LogP contribution in [0.3, 0.4) is 0 Å². The van der Waals surface area contributed by atoms with Crippen LogP contribution in [0.15, 0.2) is 12.4 Å². The molecule has 3 aliphatic rings. The van der Waals surface area contributed by atoms with Crippen molar-refractivity contribution in [3.63, 3.8) is 0 Å². The molecule has 1 aromatic rings. The Morgan fingerprint density at radius 1 is 1.26 bits per heavy atom. The summed E-state index contributed by atoms with van der Waals surface area (Å²) >= 11 is 0. The first-order valence-electron chi connectivity index (χ1n) is 9.22. The molecule has 2 aliphatic heterocycles. The molecule has 1 aliphatic carbocycles. The van der Waals surface area contributed by atoms with Gasteiger partial charge in [-0.25, -0.2) is 0 Å². The number of nitrogens with zero attached hydrogens (tertiary/aromatic N) is 4. The SMILES string of the molecule is CCN1CCCC1C1CCCN1C(=O)C1CC1c1cnn(C)c1. The molecule has 5 heteroatoms. The maximum absolute atomic E-state index is 13.0. The zero-order valence-electron chi connectivity index (χ0n) is 14.3. The van der Waals surface area contributed by atoms with Crippen LogP contribution in [0.25, 0.3) is 0 Å². The third-order valence-corrected chi connectivity index (χ3v) is 6.11. The van der Waals surface area contributed by atoms with E-state index in [-0.39, 0.29) is 5.92 Å². The molecule has 1 aromatic heterocycles. The summed E-state index contributed by atoms with van der Waals surface area (Å²) in [4.78, 5) is 17.9. The molecule has 4 rings (SSSR count). The maximum atomic E-state index is 13.0. The van der Waals surface area contributed by atoms with E-state index in [0.29, 0.717) is 23.9 Å². The summed E-state index contributed by atoms with van der Waals surface area (Å²) in [6, 6.07) is 1.06. The summed E-state index contributed by atoms with van der Waals surface area (Å²) in [7, 11) is 1.94. The fourth-order valence-corrected chi connectivity index (χ4v) is 4.83. The smallest absolute Gasteiger partial charge is 0.226 e. The lowest BCUT2D eigenvalue weighted by molar-refractivity contribution is -0.134. The van der Waals surface area contributed by atoms with E-state index in [1.54, 1.807) is 0 Å². The summed E-state index contributed by atoms with van der Waals surface area (Å²) in [6.07, 6.45) is 9.92. The molecule has 1 saturated carbocycles. The quantitative estimate of drug-likeness (QED) is 0.853. The molecular weight excluding hydrogens is 288 g/mol. The Bertz CT molecular complexity index is 583. The maximum Gasteiger partial charge on any atom is 0.226 e. The summed E-state index contributed by atoms with van der Waals surface area (Å²) in [5.74, 6) is 1.02. The van der Waals surface area contributed by atoms with Crippen LogP contribution < -0.4 is 0 Å². The van der Waals surface area contributed by atoms with E-state index >= 15 is 0 Å². The van der Waals surface area contributed by atoms with Crippen LogP contribution in [0.1, 0.15) is 50.5 Å². The Balaban J connectivity index is 1.44. The van der Waals surface area contributed by atoms with Crippen molar-refractivity contribution in [2.45, 2.75) is 57.0 Å². The van der Waals surface area contributed by atoms with Crippen LogP contribution in [0.2, 0.25) is 0 Å². The zero-order valence-corrected chi connectivity index (χ0v) is 14.3. The Hall–Kier alpha value is -1.36. The number of hydrogen-bond donors (Lipinski definition) is 0. The van der Waals surface area contributed by atoms with E-state index in [4.69, 9.17) is 0 Å². The second kappa shape index (κ2) is 5.93. The molecule has 0 radical (unpaired) electrons. The van der Waals surface area contributed by atoms with Gasteiger partial charge in [-0.3, -0.25) is 14.4 Å². The number of hydrogen-bond acceptors (Lipinski definition) is 3. The molecule has 4 unspecified atom stereocenters. The van der Waals surface area contributed by atoms with Gasteiger partial charge in [-0.15, -0.1) is 0 Å². The highest BCUT2D eigenvalue weighted by molar-refractivity contribution is 5.83. The molecule has 3 fully saturated rings. The number of rotatable bonds is 4. The summed E-state index contributed by atoms with van der Waals surface area (Å²) in [5.41, 5.74) is 1.23. The molecule has 3 heterocycles. The Morgan fingerprint density at radius 2 is 2.04 bits per heavy atom. The Morgan fingerprint density at radius 3 is 2.78 bits per heavy atom. The summed E-state index contributed by atoms with van der Waals surface area (Å²) in [6.45, 7) is 5.54. The van der Waals surface area contributed by atoms with Gasteiger partial charge in [-0.05, 0) is 56.7 Å². The van der Waals surface area contributed by atoms with Crippen molar-refractivity contribution >= 4 is 5.91 Å². The van der Waals surface area contributed by atoms with Crippen LogP contribution in [0.5, 0.6) is 0 Å². The standard InChI is InChI=1S/C18H28N4O/c1-3-21-8-4-6-16(21)17-7-5-9-22(17)18(23)15-10-14(15)13-11-19-20(2)12-13/h11-12,14-17H,3-10H2,1-2H3. The monoisotopic (exact) mass is 316 g/mol. The number of aromatic nitrogens is 2. The number of likely N-dealkylation sites (N-methyl/N-ethyl adjacent to an activating group) is 1. The van der Waals surface area contributed by atoms with E-state index < -0.39 is 0 Å². The van der Waals surface area contributed by atoms with Gasteiger partial charge in [-0.2, -0.15) is 5.10 Å². The van der Waals surface area contributed by atoms with Gasteiger partial charge in [-0.1, -0.05) is 6.92 Å². The molecule has 0 N–H and O–H groups in total. The average Bonchev–Trinajstić information content (AvgIpc) is 2.95. The average molecular weight is 316 g/mol. The van der Waals surface area contributed by atoms with E-state index in [1.807, 2.05) is 17.9 Å². The highest BCUT2D eigenvalue weighted by Gasteiger charge is 2.49. The van der Waals surface area contributed by atoms with Gasteiger partial charge in [0.2, 0.25) is 5.91 Å². The molecule has 1 amide bonds.